The van der Waals surface area contributed by atoms with Gasteiger partial charge in [0.2, 0.25) is 0 Å². The van der Waals surface area contributed by atoms with Crippen LogP contribution in [0.4, 0.5) is 0 Å². The molecule has 0 amide bonds. The molecule has 0 bridgehead atoms. The van der Waals surface area contributed by atoms with Crippen LogP contribution in [0, 0.1) is 22.7 Å². The molecule has 0 spiro atoms. The topological polar surface area (TPSA) is 62.4 Å². The van der Waals surface area contributed by atoms with E-state index in [9.17, 15) is 10.5 Å². The molecule has 0 fully saturated rings. The summed E-state index contributed by atoms with van der Waals surface area (Å²) >= 11 is 0. The normalized spacial score (nSPS) is 11.6. The number of hydrogen-bond acceptors (Lipinski definition) is 2. The van der Waals surface area contributed by atoms with E-state index in [0.29, 0.717) is 11.1 Å². The number of hydrogen-bond donors (Lipinski definition) is 0. The van der Waals surface area contributed by atoms with Crippen LogP contribution in [0.1, 0.15) is 11.1 Å². The molecule has 3 aromatic heterocycles. The summed E-state index contributed by atoms with van der Waals surface area (Å²) < 4.78 is 6.96. The van der Waals surface area contributed by atoms with Gasteiger partial charge < -0.3 is 13.7 Å². The van der Waals surface area contributed by atoms with Crippen molar-refractivity contribution in [3.05, 3.63) is 187 Å². The Hall–Kier alpha value is -7.86. The summed E-state index contributed by atoms with van der Waals surface area (Å²) in [5, 5.41) is 27.4. The minimum Gasteiger partial charge on any atom is -0.309 e. The number of benzene rings is 8. The monoisotopic (exact) mass is 699 g/mol. The fourth-order valence-corrected chi connectivity index (χ4v) is 8.90. The Morgan fingerprint density at radius 3 is 1.51 bits per heavy atom. The van der Waals surface area contributed by atoms with Gasteiger partial charge in [0, 0.05) is 43.4 Å². The predicted octanol–water partition coefficient (Wildman–Crippen LogP) is 12.4. The number of fused-ring (bicyclic) bond motifs is 9. The first-order chi connectivity index (χ1) is 27.2. The van der Waals surface area contributed by atoms with E-state index in [1.165, 1.54) is 10.8 Å². The highest BCUT2D eigenvalue weighted by Gasteiger charge is 2.24. The molecule has 0 saturated carbocycles. The molecule has 5 nitrogen and oxygen atoms in total. The van der Waals surface area contributed by atoms with Gasteiger partial charge in [-0.15, -0.1) is 0 Å². The largest absolute Gasteiger partial charge is 0.309 e. The Bertz CT molecular complexity index is 3420. The molecule has 0 unspecified atom stereocenters. The predicted molar refractivity (Wildman–Crippen MR) is 224 cm³/mol. The van der Waals surface area contributed by atoms with Crippen LogP contribution in [-0.2, 0) is 0 Å². The summed E-state index contributed by atoms with van der Waals surface area (Å²) in [6.07, 6.45) is 0. The standard InChI is InChI=1S/C50H29N5/c51-30-32-27-28-46-40(29-32)37-17-4-9-23-44(37)53(46)43-22-8-3-16-36(43)38-19-11-13-33(31-52)50(38)55-45-24-10-5-18-39(45)49-47(25-12-26-48(49)55)54-41-20-6-1-14-34(41)35-15-2-7-21-42(35)54/h1-29H. The van der Waals surface area contributed by atoms with Crippen LogP contribution in [0.2, 0.25) is 0 Å². The zero-order valence-corrected chi connectivity index (χ0v) is 29.5. The van der Waals surface area contributed by atoms with E-state index in [4.69, 9.17) is 0 Å². The minimum absolute atomic E-state index is 0.582. The first kappa shape index (κ1) is 30.7. The van der Waals surface area contributed by atoms with Gasteiger partial charge in [-0.3, -0.25) is 0 Å². The summed E-state index contributed by atoms with van der Waals surface area (Å²) in [7, 11) is 0. The van der Waals surface area contributed by atoms with Gasteiger partial charge in [-0.05, 0) is 66.7 Å². The minimum atomic E-state index is 0.582. The maximum Gasteiger partial charge on any atom is 0.101 e. The molecular weight excluding hydrogens is 671 g/mol. The molecule has 55 heavy (non-hydrogen) atoms. The lowest BCUT2D eigenvalue weighted by Crippen LogP contribution is -2.03. The second-order valence-electron chi connectivity index (χ2n) is 13.9. The van der Waals surface area contributed by atoms with E-state index in [1.807, 2.05) is 36.4 Å². The SMILES string of the molecule is N#Cc1ccc2c(c1)c1ccccc1n2-c1ccccc1-c1cccc(C#N)c1-n1c2ccccc2c2c(-n3c4ccccc4c4ccccc43)cccc21. The van der Waals surface area contributed by atoms with Crippen LogP contribution in [0.25, 0.3) is 93.6 Å². The van der Waals surface area contributed by atoms with Gasteiger partial charge >= 0.3 is 0 Å². The van der Waals surface area contributed by atoms with Crippen LogP contribution in [0.3, 0.4) is 0 Å². The van der Waals surface area contributed by atoms with Crippen molar-refractivity contribution in [2.24, 2.45) is 0 Å². The van der Waals surface area contributed by atoms with Crippen molar-refractivity contribution in [3.63, 3.8) is 0 Å². The van der Waals surface area contributed by atoms with Crippen LogP contribution in [-0.4, -0.2) is 13.7 Å². The highest BCUT2D eigenvalue weighted by atomic mass is 15.0. The Morgan fingerprint density at radius 1 is 0.345 bits per heavy atom. The van der Waals surface area contributed by atoms with Crippen LogP contribution >= 0.6 is 0 Å². The Labute approximate surface area is 316 Å². The zero-order chi connectivity index (χ0) is 36.6. The molecule has 3 heterocycles. The third-order valence-corrected chi connectivity index (χ3v) is 11.1. The van der Waals surface area contributed by atoms with Gasteiger partial charge in [0.1, 0.15) is 6.07 Å². The highest BCUT2D eigenvalue weighted by molar-refractivity contribution is 6.17. The van der Waals surface area contributed by atoms with Gasteiger partial charge in [-0.2, -0.15) is 10.5 Å². The van der Waals surface area contributed by atoms with Crippen molar-refractivity contribution in [3.8, 4) is 40.3 Å². The van der Waals surface area contributed by atoms with Crippen molar-refractivity contribution in [1.82, 2.24) is 13.7 Å². The first-order valence-electron chi connectivity index (χ1n) is 18.3. The van der Waals surface area contributed by atoms with Gasteiger partial charge in [0.25, 0.3) is 0 Å². The second-order valence-corrected chi connectivity index (χ2v) is 13.9. The summed E-state index contributed by atoms with van der Waals surface area (Å²) in [4.78, 5) is 0. The quantitative estimate of drug-likeness (QED) is 0.184. The Balaban J connectivity index is 1.24. The molecular formula is C50H29N5. The fourth-order valence-electron chi connectivity index (χ4n) is 8.90. The molecule has 0 aliphatic carbocycles. The van der Waals surface area contributed by atoms with E-state index in [0.717, 1.165) is 82.8 Å². The average Bonchev–Trinajstić information content (AvgIpc) is 3.89. The molecule has 11 aromatic rings. The molecule has 0 radical (unpaired) electrons. The third-order valence-electron chi connectivity index (χ3n) is 11.1. The number of rotatable bonds is 4. The number of nitriles is 2. The molecule has 0 atom stereocenters. The van der Waals surface area contributed by atoms with Crippen molar-refractivity contribution in [1.29, 1.82) is 10.5 Å². The van der Waals surface area contributed by atoms with Crippen LogP contribution in [0.5, 0.6) is 0 Å². The van der Waals surface area contributed by atoms with E-state index < -0.39 is 0 Å². The maximum absolute atomic E-state index is 10.9. The highest BCUT2D eigenvalue weighted by Crippen LogP contribution is 2.44. The molecule has 11 rings (SSSR count). The Morgan fingerprint density at radius 2 is 0.836 bits per heavy atom. The van der Waals surface area contributed by atoms with Gasteiger partial charge in [0.15, 0.2) is 0 Å². The number of aromatic nitrogens is 3. The van der Waals surface area contributed by atoms with E-state index in [1.54, 1.807) is 0 Å². The van der Waals surface area contributed by atoms with Gasteiger partial charge in [0.05, 0.1) is 67.4 Å². The zero-order valence-electron chi connectivity index (χ0n) is 29.5. The Kier molecular flexibility index (Phi) is 6.61. The lowest BCUT2D eigenvalue weighted by Gasteiger charge is -2.19. The van der Waals surface area contributed by atoms with Gasteiger partial charge in [-0.25, -0.2) is 0 Å². The lowest BCUT2D eigenvalue weighted by molar-refractivity contribution is 1.15. The van der Waals surface area contributed by atoms with Crippen LogP contribution < -0.4 is 0 Å². The summed E-state index contributed by atoms with van der Waals surface area (Å²) in [6, 6.07) is 65.9. The van der Waals surface area contributed by atoms with E-state index in [2.05, 4.69) is 165 Å². The molecule has 0 aliphatic rings. The average molecular weight is 700 g/mol. The maximum atomic E-state index is 10.9. The molecule has 254 valence electrons. The molecule has 5 heteroatoms. The van der Waals surface area contributed by atoms with Crippen molar-refractivity contribution < 1.29 is 0 Å². The molecule has 0 N–H and O–H groups in total. The molecule has 0 aliphatic heterocycles. The fraction of sp³-hybridized carbons (Fsp3) is 0. The van der Waals surface area contributed by atoms with Crippen molar-refractivity contribution in [2.45, 2.75) is 0 Å². The summed E-state index contributed by atoms with van der Waals surface area (Å²) in [5.41, 5.74) is 12.4. The third kappa shape index (κ3) is 4.33. The molecule has 0 saturated heterocycles. The smallest absolute Gasteiger partial charge is 0.101 e. The van der Waals surface area contributed by atoms with E-state index in [-0.39, 0.29) is 0 Å². The number of para-hydroxylation sites is 6. The second kappa shape index (κ2) is 11.8. The first-order valence-corrected chi connectivity index (χ1v) is 18.3. The number of nitrogens with zero attached hydrogens (tertiary/aromatic N) is 5. The van der Waals surface area contributed by atoms with Crippen molar-refractivity contribution >= 4 is 65.4 Å². The summed E-state index contributed by atoms with van der Waals surface area (Å²) in [6.45, 7) is 0. The van der Waals surface area contributed by atoms with Gasteiger partial charge in [-0.1, -0.05) is 109 Å². The lowest BCUT2D eigenvalue weighted by atomic mass is 9.98. The molecule has 8 aromatic carbocycles. The summed E-state index contributed by atoms with van der Waals surface area (Å²) in [5.74, 6) is 0. The van der Waals surface area contributed by atoms with Crippen LogP contribution in [0.15, 0.2) is 176 Å². The van der Waals surface area contributed by atoms with Crippen molar-refractivity contribution in [2.75, 3.05) is 0 Å². The van der Waals surface area contributed by atoms with E-state index >= 15 is 0 Å².